The summed E-state index contributed by atoms with van der Waals surface area (Å²) in [5.41, 5.74) is 1.74. The molecule has 23 heavy (non-hydrogen) atoms. The number of carbonyl (C=O) groups is 2. The van der Waals surface area contributed by atoms with Gasteiger partial charge in [-0.25, -0.2) is 0 Å². The number of carbonyl (C=O) groups excluding carboxylic acids is 2. The number of amides is 2. The molecule has 0 fully saturated rings. The van der Waals surface area contributed by atoms with Crippen LogP contribution in [0.1, 0.15) is 24.2 Å². The first kappa shape index (κ1) is 15.0. The van der Waals surface area contributed by atoms with Gasteiger partial charge in [-0.1, -0.05) is 0 Å². The maximum atomic E-state index is 12.2. The smallest absolute Gasteiger partial charge is 0.267 e. The zero-order valence-electron chi connectivity index (χ0n) is 12.9. The normalized spacial score (nSPS) is 16.5. The Labute approximate surface area is 134 Å². The number of aromatic nitrogens is 1. The molecule has 0 spiro atoms. The number of nitrogens with zero attached hydrogens (tertiary/aromatic N) is 2. The molecule has 118 valence electrons. The lowest BCUT2D eigenvalue weighted by atomic mass is 10.1. The van der Waals surface area contributed by atoms with Gasteiger partial charge in [-0.3, -0.25) is 14.6 Å². The van der Waals surface area contributed by atoms with Crippen LogP contribution in [0.4, 0.5) is 11.4 Å². The van der Waals surface area contributed by atoms with Crippen molar-refractivity contribution in [2.24, 2.45) is 0 Å². The quantitative estimate of drug-likeness (QED) is 0.945. The Balaban J connectivity index is 1.87. The van der Waals surface area contributed by atoms with Crippen molar-refractivity contribution in [3.05, 3.63) is 48.3 Å². The van der Waals surface area contributed by atoms with Crippen LogP contribution in [0.5, 0.6) is 5.75 Å². The van der Waals surface area contributed by atoms with E-state index in [1.54, 1.807) is 48.4 Å². The third-order valence-electron chi connectivity index (χ3n) is 3.67. The highest BCUT2D eigenvalue weighted by Crippen LogP contribution is 2.36. The van der Waals surface area contributed by atoms with E-state index < -0.39 is 6.10 Å². The standard InChI is InChI=1S/C17H17N3O3/c1-3-20-14-9-13(6-7-15(14)23-11(2)17(20)22)19-16(21)12-5-4-8-18-10-12/h4-11H,3H2,1-2H3,(H,19,21). The SMILES string of the molecule is CCN1C(=O)C(C)Oc2ccc(NC(=O)c3cccnc3)cc21. The molecule has 0 bridgehead atoms. The zero-order valence-corrected chi connectivity index (χ0v) is 12.9. The molecule has 2 amide bonds. The molecule has 6 heteroatoms. The van der Waals surface area contributed by atoms with E-state index in [0.717, 1.165) is 0 Å². The van der Waals surface area contributed by atoms with Crippen molar-refractivity contribution in [2.75, 3.05) is 16.8 Å². The third-order valence-corrected chi connectivity index (χ3v) is 3.67. The Morgan fingerprint density at radius 3 is 2.91 bits per heavy atom. The Bertz CT molecular complexity index is 746. The highest BCUT2D eigenvalue weighted by Gasteiger charge is 2.30. The molecule has 2 aromatic rings. The summed E-state index contributed by atoms with van der Waals surface area (Å²) in [6.45, 7) is 4.17. The van der Waals surface area contributed by atoms with E-state index in [2.05, 4.69) is 10.3 Å². The largest absolute Gasteiger partial charge is 0.479 e. The fourth-order valence-corrected chi connectivity index (χ4v) is 2.51. The number of hydrogen-bond donors (Lipinski definition) is 1. The molecule has 1 aliphatic rings. The van der Waals surface area contributed by atoms with Gasteiger partial charge in [-0.15, -0.1) is 0 Å². The molecule has 1 unspecified atom stereocenters. The topological polar surface area (TPSA) is 71.5 Å². The molecule has 0 aliphatic carbocycles. The van der Waals surface area contributed by atoms with Crippen molar-refractivity contribution in [1.29, 1.82) is 0 Å². The highest BCUT2D eigenvalue weighted by atomic mass is 16.5. The fraction of sp³-hybridized carbons (Fsp3) is 0.235. The second kappa shape index (κ2) is 6.08. The van der Waals surface area contributed by atoms with Gasteiger partial charge in [0.2, 0.25) is 0 Å². The van der Waals surface area contributed by atoms with Crippen LogP contribution in [0.25, 0.3) is 0 Å². The Hall–Kier alpha value is -2.89. The minimum Gasteiger partial charge on any atom is -0.479 e. The lowest BCUT2D eigenvalue weighted by Gasteiger charge is -2.32. The molecule has 6 nitrogen and oxygen atoms in total. The minimum absolute atomic E-state index is 0.0873. The van der Waals surface area contributed by atoms with Crippen LogP contribution in [-0.4, -0.2) is 29.4 Å². The number of benzene rings is 1. The molecular weight excluding hydrogens is 294 g/mol. The predicted octanol–water partition coefficient (Wildman–Crippen LogP) is 2.47. The van der Waals surface area contributed by atoms with Gasteiger partial charge in [0, 0.05) is 24.6 Å². The number of nitrogens with one attached hydrogen (secondary N) is 1. The molecule has 1 aromatic carbocycles. The van der Waals surface area contributed by atoms with Crippen LogP contribution in [-0.2, 0) is 4.79 Å². The summed E-state index contributed by atoms with van der Waals surface area (Å²) < 4.78 is 5.61. The number of anilines is 2. The van der Waals surface area contributed by atoms with Gasteiger partial charge >= 0.3 is 0 Å². The molecule has 1 N–H and O–H groups in total. The monoisotopic (exact) mass is 311 g/mol. The lowest BCUT2D eigenvalue weighted by Crippen LogP contribution is -2.44. The highest BCUT2D eigenvalue weighted by molar-refractivity contribution is 6.05. The first-order chi connectivity index (χ1) is 11.1. The van der Waals surface area contributed by atoms with E-state index >= 15 is 0 Å². The molecule has 0 saturated carbocycles. The van der Waals surface area contributed by atoms with Crippen LogP contribution >= 0.6 is 0 Å². The van der Waals surface area contributed by atoms with Crippen molar-refractivity contribution in [1.82, 2.24) is 4.98 Å². The molecule has 1 aromatic heterocycles. The van der Waals surface area contributed by atoms with Crippen LogP contribution in [0.3, 0.4) is 0 Å². The van der Waals surface area contributed by atoms with Crippen molar-refractivity contribution in [3.8, 4) is 5.75 Å². The van der Waals surface area contributed by atoms with Gasteiger partial charge in [0.1, 0.15) is 5.75 Å². The molecule has 1 atom stereocenters. The van der Waals surface area contributed by atoms with E-state index in [1.807, 2.05) is 6.92 Å². The van der Waals surface area contributed by atoms with E-state index in [1.165, 1.54) is 6.20 Å². The fourth-order valence-electron chi connectivity index (χ4n) is 2.51. The summed E-state index contributed by atoms with van der Waals surface area (Å²) in [7, 11) is 0. The first-order valence-corrected chi connectivity index (χ1v) is 7.43. The molecule has 0 saturated heterocycles. The molecule has 2 heterocycles. The average molecular weight is 311 g/mol. The lowest BCUT2D eigenvalue weighted by molar-refractivity contribution is -0.125. The molecular formula is C17H17N3O3. The summed E-state index contributed by atoms with van der Waals surface area (Å²) in [6.07, 6.45) is 2.61. The second-order valence-corrected chi connectivity index (χ2v) is 5.22. The Morgan fingerprint density at radius 1 is 1.39 bits per heavy atom. The van der Waals surface area contributed by atoms with Crippen molar-refractivity contribution in [3.63, 3.8) is 0 Å². The number of fused-ring (bicyclic) bond motifs is 1. The van der Waals surface area contributed by atoms with Gasteiger partial charge in [0.25, 0.3) is 11.8 Å². The first-order valence-electron chi connectivity index (χ1n) is 7.43. The van der Waals surface area contributed by atoms with Crippen molar-refractivity contribution in [2.45, 2.75) is 20.0 Å². The molecule has 0 radical (unpaired) electrons. The van der Waals surface area contributed by atoms with Crippen LogP contribution < -0.4 is 15.0 Å². The molecule has 3 rings (SSSR count). The number of ether oxygens (including phenoxy) is 1. The summed E-state index contributed by atoms with van der Waals surface area (Å²) in [6, 6.07) is 8.65. The minimum atomic E-state index is -0.502. The van der Waals surface area contributed by atoms with E-state index in [9.17, 15) is 9.59 Å². The van der Waals surface area contributed by atoms with Gasteiger partial charge in [0.05, 0.1) is 11.3 Å². The van der Waals surface area contributed by atoms with Crippen molar-refractivity contribution >= 4 is 23.2 Å². The summed E-state index contributed by atoms with van der Waals surface area (Å²) in [5, 5.41) is 2.81. The summed E-state index contributed by atoms with van der Waals surface area (Å²) in [5.74, 6) is 0.298. The maximum Gasteiger partial charge on any atom is 0.267 e. The molecule has 1 aliphatic heterocycles. The zero-order chi connectivity index (χ0) is 16.4. The van der Waals surface area contributed by atoms with Gasteiger partial charge in [-0.05, 0) is 44.2 Å². The van der Waals surface area contributed by atoms with E-state index in [0.29, 0.717) is 29.2 Å². The van der Waals surface area contributed by atoms with Crippen LogP contribution in [0, 0.1) is 0 Å². The van der Waals surface area contributed by atoms with Crippen molar-refractivity contribution < 1.29 is 14.3 Å². The summed E-state index contributed by atoms with van der Waals surface area (Å²) in [4.78, 5) is 29.9. The number of hydrogen-bond acceptors (Lipinski definition) is 4. The van der Waals surface area contributed by atoms with Crippen LogP contribution in [0.15, 0.2) is 42.7 Å². The van der Waals surface area contributed by atoms with Crippen LogP contribution in [0.2, 0.25) is 0 Å². The number of pyridine rings is 1. The van der Waals surface area contributed by atoms with Gasteiger partial charge < -0.3 is 15.0 Å². The Kier molecular flexibility index (Phi) is 3.97. The average Bonchev–Trinajstić information content (AvgIpc) is 2.57. The third kappa shape index (κ3) is 2.88. The van der Waals surface area contributed by atoms with Gasteiger partial charge in [0.15, 0.2) is 6.10 Å². The second-order valence-electron chi connectivity index (χ2n) is 5.22. The number of rotatable bonds is 3. The Morgan fingerprint density at radius 2 is 2.22 bits per heavy atom. The predicted molar refractivity (Wildman–Crippen MR) is 86.7 cm³/mol. The summed E-state index contributed by atoms with van der Waals surface area (Å²) >= 11 is 0. The van der Waals surface area contributed by atoms with E-state index in [-0.39, 0.29) is 11.8 Å². The van der Waals surface area contributed by atoms with E-state index in [4.69, 9.17) is 4.74 Å². The maximum absolute atomic E-state index is 12.2. The number of likely N-dealkylation sites (N-methyl/N-ethyl adjacent to an activating group) is 1. The van der Waals surface area contributed by atoms with Gasteiger partial charge in [-0.2, -0.15) is 0 Å².